The number of sulfonamides is 1. The molecule has 0 aliphatic rings. The average molecular weight is 437 g/mol. The number of hydrogen-bond acceptors (Lipinski definition) is 6. The Bertz CT molecular complexity index is 1000. The number of ether oxygens (including phenoxy) is 3. The van der Waals surface area contributed by atoms with Gasteiger partial charge in [0.1, 0.15) is 17.2 Å². The maximum Gasteiger partial charge on any atom is 0.255 e. The second-order valence-corrected chi connectivity index (χ2v) is 8.66. The monoisotopic (exact) mass is 436 g/mol. The van der Waals surface area contributed by atoms with E-state index in [4.69, 9.17) is 14.2 Å². The first-order chi connectivity index (χ1) is 14.1. The summed E-state index contributed by atoms with van der Waals surface area (Å²) in [6.07, 6.45) is 0. The van der Waals surface area contributed by atoms with Crippen molar-refractivity contribution in [3.8, 4) is 17.2 Å². The van der Waals surface area contributed by atoms with Crippen LogP contribution in [0, 0.1) is 0 Å². The highest BCUT2D eigenvalue weighted by molar-refractivity contribution is 7.89. The standard InChI is InChI=1S/C21H28N2O6S/c1-13(2)22-21(24)18-12-16(8-10-20(18)29-6)30(25,26)23-14(3)17-11-15(27-4)7-9-19(17)28-5/h7-14,23H,1-6H3,(H,22,24). The lowest BCUT2D eigenvalue weighted by Crippen LogP contribution is -2.31. The number of amides is 1. The molecule has 1 atom stereocenters. The molecule has 2 N–H and O–H groups in total. The number of hydrogen-bond donors (Lipinski definition) is 2. The largest absolute Gasteiger partial charge is 0.497 e. The summed E-state index contributed by atoms with van der Waals surface area (Å²) in [4.78, 5) is 12.4. The van der Waals surface area contributed by atoms with E-state index < -0.39 is 22.0 Å². The van der Waals surface area contributed by atoms with E-state index in [1.165, 1.54) is 39.5 Å². The van der Waals surface area contributed by atoms with Gasteiger partial charge in [0.2, 0.25) is 10.0 Å². The summed E-state index contributed by atoms with van der Waals surface area (Å²) in [7, 11) is 0.517. The summed E-state index contributed by atoms with van der Waals surface area (Å²) in [5, 5.41) is 2.74. The van der Waals surface area contributed by atoms with Crippen molar-refractivity contribution in [2.24, 2.45) is 0 Å². The molecule has 9 heteroatoms. The van der Waals surface area contributed by atoms with E-state index in [2.05, 4.69) is 10.0 Å². The minimum absolute atomic E-state index is 0.0501. The molecule has 1 unspecified atom stereocenters. The van der Waals surface area contributed by atoms with Crippen LogP contribution in [0.1, 0.15) is 42.7 Å². The normalized spacial score (nSPS) is 12.4. The predicted octanol–water partition coefficient (Wildman–Crippen LogP) is 2.89. The first-order valence-corrected chi connectivity index (χ1v) is 10.8. The Hall–Kier alpha value is -2.78. The van der Waals surface area contributed by atoms with Gasteiger partial charge in [0, 0.05) is 17.6 Å². The topological polar surface area (TPSA) is 103 Å². The van der Waals surface area contributed by atoms with Gasteiger partial charge in [-0.1, -0.05) is 0 Å². The number of rotatable bonds is 9. The van der Waals surface area contributed by atoms with Crippen molar-refractivity contribution in [1.82, 2.24) is 10.0 Å². The third-order valence-corrected chi connectivity index (χ3v) is 5.92. The molecule has 0 fully saturated rings. The Kier molecular flexibility index (Phi) is 7.69. The Morgan fingerprint density at radius 3 is 2.10 bits per heavy atom. The molecule has 2 aromatic carbocycles. The SMILES string of the molecule is COc1ccc(OC)c(C(C)NS(=O)(=O)c2ccc(OC)c(C(=O)NC(C)C)c2)c1. The summed E-state index contributed by atoms with van der Waals surface area (Å²) >= 11 is 0. The molecule has 0 bridgehead atoms. The zero-order valence-electron chi connectivity index (χ0n) is 18.0. The fourth-order valence-electron chi connectivity index (χ4n) is 2.91. The van der Waals surface area contributed by atoms with Gasteiger partial charge in [-0.15, -0.1) is 0 Å². The highest BCUT2D eigenvalue weighted by atomic mass is 32.2. The Morgan fingerprint density at radius 2 is 1.53 bits per heavy atom. The van der Waals surface area contributed by atoms with Crippen LogP contribution in [0.3, 0.4) is 0 Å². The van der Waals surface area contributed by atoms with Crippen molar-refractivity contribution in [1.29, 1.82) is 0 Å². The first kappa shape index (κ1) is 23.5. The van der Waals surface area contributed by atoms with E-state index in [0.29, 0.717) is 17.1 Å². The van der Waals surface area contributed by atoms with E-state index in [9.17, 15) is 13.2 Å². The summed E-state index contributed by atoms with van der Waals surface area (Å²) in [6.45, 7) is 5.33. The second kappa shape index (κ2) is 9.82. The molecule has 0 aliphatic heterocycles. The van der Waals surface area contributed by atoms with Crippen LogP contribution in [0.2, 0.25) is 0 Å². The fraction of sp³-hybridized carbons (Fsp3) is 0.381. The zero-order chi connectivity index (χ0) is 22.5. The highest BCUT2D eigenvalue weighted by Gasteiger charge is 2.24. The summed E-state index contributed by atoms with van der Waals surface area (Å²) in [5.41, 5.74) is 0.757. The molecule has 164 valence electrons. The zero-order valence-corrected chi connectivity index (χ0v) is 18.8. The van der Waals surface area contributed by atoms with Crippen molar-refractivity contribution in [3.63, 3.8) is 0 Å². The van der Waals surface area contributed by atoms with Gasteiger partial charge in [-0.3, -0.25) is 4.79 Å². The quantitative estimate of drug-likeness (QED) is 0.627. The van der Waals surface area contributed by atoms with Gasteiger partial charge >= 0.3 is 0 Å². The number of carbonyl (C=O) groups is 1. The Balaban J connectivity index is 2.39. The van der Waals surface area contributed by atoms with Crippen molar-refractivity contribution < 1.29 is 27.4 Å². The number of methoxy groups -OCH3 is 3. The van der Waals surface area contributed by atoms with E-state index in [1.54, 1.807) is 25.1 Å². The maximum atomic E-state index is 13.0. The van der Waals surface area contributed by atoms with Gasteiger partial charge in [-0.05, 0) is 57.2 Å². The molecule has 8 nitrogen and oxygen atoms in total. The summed E-state index contributed by atoms with van der Waals surface area (Å²) in [5.74, 6) is 0.975. The third kappa shape index (κ3) is 5.43. The number of carbonyl (C=O) groups excluding carboxylic acids is 1. The molecular formula is C21H28N2O6S. The van der Waals surface area contributed by atoms with Crippen molar-refractivity contribution >= 4 is 15.9 Å². The summed E-state index contributed by atoms with van der Waals surface area (Å²) < 4.78 is 44.4. The van der Waals surface area contributed by atoms with E-state index in [-0.39, 0.29) is 22.3 Å². The maximum absolute atomic E-state index is 13.0. The smallest absolute Gasteiger partial charge is 0.255 e. The average Bonchev–Trinajstić information content (AvgIpc) is 2.71. The van der Waals surface area contributed by atoms with Gasteiger partial charge in [-0.25, -0.2) is 13.1 Å². The summed E-state index contributed by atoms with van der Waals surface area (Å²) in [6, 6.07) is 8.57. The van der Waals surface area contributed by atoms with Crippen LogP contribution in [0.4, 0.5) is 0 Å². The Morgan fingerprint density at radius 1 is 0.900 bits per heavy atom. The van der Waals surface area contributed by atoms with E-state index >= 15 is 0 Å². The minimum Gasteiger partial charge on any atom is -0.497 e. The molecule has 0 radical (unpaired) electrons. The van der Waals surface area contributed by atoms with Gasteiger partial charge in [0.15, 0.2) is 0 Å². The molecule has 30 heavy (non-hydrogen) atoms. The molecule has 2 rings (SSSR count). The molecule has 0 spiro atoms. The highest BCUT2D eigenvalue weighted by Crippen LogP contribution is 2.31. The molecule has 0 heterocycles. The Labute approximate surface area is 177 Å². The van der Waals surface area contributed by atoms with Crippen molar-refractivity contribution in [2.45, 2.75) is 37.8 Å². The van der Waals surface area contributed by atoms with E-state index in [1.807, 2.05) is 13.8 Å². The lowest BCUT2D eigenvalue weighted by atomic mass is 10.1. The lowest BCUT2D eigenvalue weighted by Gasteiger charge is -2.19. The molecule has 0 aliphatic carbocycles. The van der Waals surface area contributed by atoms with Crippen LogP contribution in [0.25, 0.3) is 0 Å². The molecule has 0 saturated heterocycles. The van der Waals surface area contributed by atoms with Gasteiger partial charge in [0.05, 0.1) is 31.8 Å². The lowest BCUT2D eigenvalue weighted by molar-refractivity contribution is 0.0940. The van der Waals surface area contributed by atoms with E-state index in [0.717, 1.165) is 0 Å². The van der Waals surface area contributed by atoms with Crippen LogP contribution in [0.5, 0.6) is 17.2 Å². The molecule has 2 aromatic rings. The third-order valence-electron chi connectivity index (χ3n) is 4.38. The van der Waals surface area contributed by atoms with Crippen LogP contribution >= 0.6 is 0 Å². The van der Waals surface area contributed by atoms with Gasteiger partial charge < -0.3 is 19.5 Å². The van der Waals surface area contributed by atoms with Crippen molar-refractivity contribution in [2.75, 3.05) is 21.3 Å². The van der Waals surface area contributed by atoms with Crippen LogP contribution < -0.4 is 24.2 Å². The predicted molar refractivity (Wildman–Crippen MR) is 114 cm³/mol. The second-order valence-electron chi connectivity index (χ2n) is 6.94. The number of nitrogens with one attached hydrogen (secondary N) is 2. The molecule has 0 saturated carbocycles. The van der Waals surface area contributed by atoms with Gasteiger partial charge in [0.25, 0.3) is 5.91 Å². The van der Waals surface area contributed by atoms with Gasteiger partial charge in [-0.2, -0.15) is 0 Å². The van der Waals surface area contributed by atoms with Crippen LogP contribution in [-0.2, 0) is 10.0 Å². The van der Waals surface area contributed by atoms with Crippen LogP contribution in [-0.4, -0.2) is 41.7 Å². The molecule has 0 aromatic heterocycles. The number of benzene rings is 2. The minimum atomic E-state index is -3.94. The molecular weight excluding hydrogens is 408 g/mol. The fourth-order valence-corrected chi connectivity index (χ4v) is 4.16. The van der Waals surface area contributed by atoms with Crippen LogP contribution in [0.15, 0.2) is 41.3 Å². The first-order valence-electron chi connectivity index (χ1n) is 9.36. The van der Waals surface area contributed by atoms with Crippen molar-refractivity contribution in [3.05, 3.63) is 47.5 Å². The molecule has 1 amide bonds.